The first kappa shape index (κ1) is 30.6. The quantitative estimate of drug-likeness (QED) is 0.321. The highest BCUT2D eigenvalue weighted by atomic mass is 19.4. The number of rotatable bonds is 8. The predicted molar refractivity (Wildman–Crippen MR) is 147 cm³/mol. The summed E-state index contributed by atoms with van der Waals surface area (Å²) in [7, 11) is 0. The molecule has 8 atom stereocenters. The lowest BCUT2D eigenvalue weighted by Crippen LogP contribution is -2.71. The van der Waals surface area contributed by atoms with Gasteiger partial charge in [-0.2, -0.15) is 18.4 Å². The minimum atomic E-state index is -5.22. The molecule has 2 aliphatic heterocycles. The number of hydrogen-bond acceptors (Lipinski definition) is 6. The molecule has 6 bridgehead atoms. The molecule has 7 rings (SSSR count). The van der Waals surface area contributed by atoms with Gasteiger partial charge in [0.2, 0.25) is 23.6 Å². The maximum Gasteiger partial charge on any atom is 0.471 e. The summed E-state index contributed by atoms with van der Waals surface area (Å²) in [6, 6.07) is -1.86. The van der Waals surface area contributed by atoms with Crippen LogP contribution < -0.4 is 21.3 Å². The Morgan fingerprint density at radius 2 is 1.77 bits per heavy atom. The van der Waals surface area contributed by atoms with Crippen LogP contribution in [0.3, 0.4) is 0 Å². The molecule has 11 nitrogen and oxygen atoms in total. The number of nitriles is 1. The number of nitrogens with zero attached hydrogens (tertiary/aromatic N) is 2. The average Bonchev–Trinajstić information content (AvgIpc) is 3.65. The fourth-order valence-electron chi connectivity index (χ4n) is 10.2. The largest absolute Gasteiger partial charge is 0.471 e. The number of hydrogen-bond donors (Lipinski definition) is 4. The van der Waals surface area contributed by atoms with Crippen LogP contribution in [-0.2, 0) is 24.0 Å². The lowest BCUT2D eigenvalue weighted by Gasteiger charge is -2.64. The van der Waals surface area contributed by atoms with E-state index in [1.54, 1.807) is 0 Å². The number of likely N-dealkylation sites (tertiary alicyclic amines) is 1. The van der Waals surface area contributed by atoms with Crippen LogP contribution in [0.1, 0.15) is 77.6 Å². The van der Waals surface area contributed by atoms with Gasteiger partial charge in [-0.05, 0) is 88.4 Å². The van der Waals surface area contributed by atoms with Gasteiger partial charge in [-0.3, -0.25) is 24.0 Å². The van der Waals surface area contributed by atoms with Gasteiger partial charge in [-0.25, -0.2) is 0 Å². The molecule has 5 amide bonds. The molecule has 2 unspecified atom stereocenters. The van der Waals surface area contributed by atoms with Crippen LogP contribution in [-0.4, -0.2) is 76.9 Å². The molecule has 2 heterocycles. The van der Waals surface area contributed by atoms with Crippen molar-refractivity contribution < 1.29 is 37.1 Å². The summed E-state index contributed by atoms with van der Waals surface area (Å²) >= 11 is 0. The number of carbonyl (C=O) groups excluding carboxylic acids is 5. The number of carbonyl (C=O) groups is 5. The standard InChI is InChI=1S/C30H39F3N6O5/c1-15(40)38-29-11-16-6-17(12-29)10-28(9-16,14-29)23(37-27(44)30(31,32)33)26(43)39-21-3-2-18(8-21)22(39)25(42)36-20(13-34)7-19-4-5-35-24(19)41/h16-23H,2-12,14H2,1H3,(H,35,41)(H,36,42)(H,37,44)(H,38,40)/t16?,17?,18-,19-,20-,21+,22-,23+,28?,29?/m0/s1. The summed E-state index contributed by atoms with van der Waals surface area (Å²) in [5.41, 5.74) is -1.68. The molecule has 44 heavy (non-hydrogen) atoms. The molecule has 0 aromatic rings. The summed E-state index contributed by atoms with van der Waals surface area (Å²) in [6.07, 6.45) is 0.513. The first-order valence-electron chi connectivity index (χ1n) is 15.7. The number of fused-ring (bicyclic) bond motifs is 2. The predicted octanol–water partition coefficient (Wildman–Crippen LogP) is 1.42. The van der Waals surface area contributed by atoms with Gasteiger partial charge in [0.15, 0.2) is 0 Å². The maximum atomic E-state index is 14.6. The fraction of sp³-hybridized carbons (Fsp3) is 0.800. The molecule has 0 aromatic heterocycles. The van der Waals surface area contributed by atoms with Gasteiger partial charge in [0.1, 0.15) is 18.1 Å². The zero-order valence-corrected chi connectivity index (χ0v) is 24.7. The van der Waals surface area contributed by atoms with Crippen molar-refractivity contribution >= 4 is 29.5 Å². The molecule has 5 saturated carbocycles. The van der Waals surface area contributed by atoms with Crippen molar-refractivity contribution in [2.75, 3.05) is 6.54 Å². The Balaban J connectivity index is 1.29. The van der Waals surface area contributed by atoms with Crippen LogP contribution in [0.2, 0.25) is 0 Å². The molecular formula is C30H39F3N6O5. The van der Waals surface area contributed by atoms with Gasteiger partial charge in [0, 0.05) is 36.4 Å². The lowest BCUT2D eigenvalue weighted by molar-refractivity contribution is -0.180. The van der Waals surface area contributed by atoms with Gasteiger partial charge in [0.05, 0.1) is 6.07 Å². The van der Waals surface area contributed by atoms with Gasteiger partial charge in [-0.1, -0.05) is 0 Å². The second-order valence-electron chi connectivity index (χ2n) is 14.3. The minimum Gasteiger partial charge on any atom is -0.356 e. The molecule has 5 aliphatic carbocycles. The van der Waals surface area contributed by atoms with E-state index in [4.69, 9.17) is 0 Å². The van der Waals surface area contributed by atoms with Crippen LogP contribution in [0.4, 0.5) is 13.2 Å². The number of nitrogens with one attached hydrogen (secondary N) is 4. The summed E-state index contributed by atoms with van der Waals surface area (Å²) in [6.45, 7) is 1.89. The van der Waals surface area contributed by atoms with Crippen molar-refractivity contribution in [1.82, 2.24) is 26.2 Å². The summed E-state index contributed by atoms with van der Waals surface area (Å²) in [4.78, 5) is 66.4. The topological polar surface area (TPSA) is 160 Å². The molecule has 240 valence electrons. The lowest BCUT2D eigenvalue weighted by atomic mass is 9.45. The first-order valence-corrected chi connectivity index (χ1v) is 15.7. The van der Waals surface area contributed by atoms with Gasteiger partial charge < -0.3 is 26.2 Å². The summed E-state index contributed by atoms with van der Waals surface area (Å²) in [5, 5.41) is 20.3. The molecule has 14 heteroatoms. The van der Waals surface area contributed by atoms with E-state index in [0.29, 0.717) is 57.9 Å². The Hall–Kier alpha value is -3.37. The smallest absolute Gasteiger partial charge is 0.356 e. The summed E-state index contributed by atoms with van der Waals surface area (Å²) < 4.78 is 41.1. The molecule has 2 saturated heterocycles. The third kappa shape index (κ3) is 5.40. The zero-order chi connectivity index (χ0) is 31.6. The summed E-state index contributed by atoms with van der Waals surface area (Å²) in [5.74, 6) is -4.42. The van der Waals surface area contributed by atoms with E-state index in [1.165, 1.54) is 11.8 Å². The van der Waals surface area contributed by atoms with Crippen LogP contribution >= 0.6 is 0 Å². The van der Waals surface area contributed by atoms with Crippen molar-refractivity contribution in [1.29, 1.82) is 5.26 Å². The Kier molecular flexibility index (Phi) is 7.60. The SMILES string of the molecule is CC(=O)NC12CC3CC(C1)CC([C@H](NC(=O)C(F)(F)F)C(=O)N1[C@@H]4CC[C@@H](C4)[C@H]1C(=O)N[C@H](C#N)C[C@@H]1CCNC1=O)(C3)C2. The van der Waals surface area contributed by atoms with Crippen LogP contribution in [0.5, 0.6) is 0 Å². The van der Waals surface area contributed by atoms with Crippen molar-refractivity contribution in [2.24, 2.45) is 29.1 Å². The van der Waals surface area contributed by atoms with Gasteiger partial charge in [-0.15, -0.1) is 0 Å². The third-order valence-corrected chi connectivity index (χ3v) is 11.2. The van der Waals surface area contributed by atoms with Gasteiger partial charge in [0.25, 0.3) is 0 Å². The highest BCUT2D eigenvalue weighted by molar-refractivity contribution is 5.95. The molecule has 7 aliphatic rings. The fourth-order valence-corrected chi connectivity index (χ4v) is 10.2. The molecule has 0 spiro atoms. The monoisotopic (exact) mass is 620 g/mol. The third-order valence-electron chi connectivity index (χ3n) is 11.2. The van der Waals surface area contributed by atoms with Crippen molar-refractivity contribution in [3.8, 4) is 6.07 Å². The number of alkyl halides is 3. The van der Waals surface area contributed by atoms with Crippen LogP contribution in [0.15, 0.2) is 0 Å². The van der Waals surface area contributed by atoms with Crippen molar-refractivity contribution in [3.05, 3.63) is 0 Å². The Labute approximate surface area is 253 Å². The number of amides is 5. The number of piperidine rings is 1. The van der Waals surface area contributed by atoms with Crippen molar-refractivity contribution in [2.45, 2.75) is 113 Å². The van der Waals surface area contributed by atoms with Crippen LogP contribution in [0, 0.1) is 40.4 Å². The Bertz CT molecular complexity index is 1280. The number of halogens is 3. The van der Waals surface area contributed by atoms with E-state index < -0.39 is 58.9 Å². The van der Waals surface area contributed by atoms with E-state index in [9.17, 15) is 42.4 Å². The Morgan fingerprint density at radius 3 is 2.36 bits per heavy atom. The van der Waals surface area contributed by atoms with E-state index >= 15 is 0 Å². The molecular weight excluding hydrogens is 581 g/mol. The second kappa shape index (κ2) is 10.9. The van der Waals surface area contributed by atoms with E-state index in [1.807, 2.05) is 6.07 Å². The molecule has 0 aromatic carbocycles. The minimum absolute atomic E-state index is 0.0829. The first-order chi connectivity index (χ1) is 20.7. The van der Waals surface area contributed by atoms with Gasteiger partial charge >= 0.3 is 12.1 Å². The molecule has 4 N–H and O–H groups in total. The highest BCUT2D eigenvalue weighted by Crippen LogP contribution is 2.63. The highest BCUT2D eigenvalue weighted by Gasteiger charge is 2.64. The second-order valence-corrected chi connectivity index (χ2v) is 14.3. The molecule has 0 radical (unpaired) electrons. The van der Waals surface area contributed by atoms with E-state index in [0.717, 1.165) is 6.42 Å². The average molecular weight is 621 g/mol. The van der Waals surface area contributed by atoms with E-state index in [2.05, 4.69) is 21.3 Å². The zero-order valence-electron chi connectivity index (χ0n) is 24.7. The normalized spacial score (nSPS) is 38.1. The maximum absolute atomic E-state index is 14.6. The Morgan fingerprint density at radius 1 is 1.07 bits per heavy atom. The van der Waals surface area contributed by atoms with Crippen molar-refractivity contribution in [3.63, 3.8) is 0 Å². The van der Waals surface area contributed by atoms with E-state index in [-0.39, 0.29) is 48.5 Å². The molecule has 7 fully saturated rings. The van der Waals surface area contributed by atoms with Crippen LogP contribution in [0.25, 0.3) is 0 Å².